The first-order chi connectivity index (χ1) is 4.31. The van der Waals surface area contributed by atoms with E-state index < -0.39 is 11.3 Å². The molecule has 0 aliphatic heterocycles. The minimum Gasteiger partial charge on any atom is -0.386 e. The Hall–Kier alpha value is 0.360. The van der Waals surface area contributed by atoms with E-state index in [1.807, 2.05) is 6.92 Å². The maximum Gasteiger partial charge on any atom is 0.142 e. The molecule has 0 spiro atoms. The average molecular weight is 228 g/mol. The van der Waals surface area contributed by atoms with Gasteiger partial charge in [0.2, 0.25) is 0 Å². The molecule has 0 aromatic heterocycles. The highest BCUT2D eigenvalue weighted by Gasteiger charge is 2.36. The summed E-state index contributed by atoms with van der Waals surface area (Å²) in [6.45, 7) is 7.27. The second-order valence-corrected chi connectivity index (χ2v) is 3.10. The number of aliphatic hydroxyl groups is 1. The molecule has 0 fully saturated rings. The molecule has 0 saturated carbocycles. The lowest BCUT2D eigenvalue weighted by atomic mass is 9.97. The van der Waals surface area contributed by atoms with Gasteiger partial charge in [0.1, 0.15) is 11.3 Å². The highest BCUT2D eigenvalue weighted by Crippen LogP contribution is 2.19. The zero-order chi connectivity index (χ0) is 8.41. The van der Waals surface area contributed by atoms with Gasteiger partial charge in [-0.05, 0) is 27.7 Å². The van der Waals surface area contributed by atoms with Crippen molar-refractivity contribution in [2.75, 3.05) is 6.61 Å². The van der Waals surface area contributed by atoms with Crippen LogP contribution < -0.4 is 5.73 Å². The monoisotopic (exact) mass is 227 g/mol. The van der Waals surface area contributed by atoms with Gasteiger partial charge in [0.15, 0.2) is 0 Å². The first-order valence-corrected chi connectivity index (χ1v) is 3.46. The summed E-state index contributed by atoms with van der Waals surface area (Å²) in [4.78, 5) is 0. The van der Waals surface area contributed by atoms with E-state index in [0.29, 0.717) is 6.61 Å². The van der Waals surface area contributed by atoms with E-state index in [1.54, 1.807) is 20.8 Å². The Labute approximate surface area is 78.7 Å². The van der Waals surface area contributed by atoms with E-state index in [4.69, 9.17) is 10.5 Å². The van der Waals surface area contributed by atoms with Crippen LogP contribution in [0.3, 0.4) is 0 Å². The van der Waals surface area contributed by atoms with E-state index in [9.17, 15) is 5.11 Å². The van der Waals surface area contributed by atoms with Crippen LogP contribution in [0.2, 0.25) is 0 Å². The van der Waals surface area contributed by atoms with E-state index in [2.05, 4.69) is 0 Å². The van der Waals surface area contributed by atoms with Crippen LogP contribution in [0.5, 0.6) is 0 Å². The molecule has 0 aromatic rings. The van der Waals surface area contributed by atoms with Gasteiger partial charge in [0.25, 0.3) is 0 Å². The molecular formula is C7H18BrNO2. The average Bonchev–Trinajstić information content (AvgIpc) is 1.61. The second kappa shape index (κ2) is 4.40. The van der Waals surface area contributed by atoms with Gasteiger partial charge in [0, 0.05) is 6.61 Å². The lowest BCUT2D eigenvalue weighted by Crippen LogP contribution is -2.56. The van der Waals surface area contributed by atoms with E-state index in [1.165, 1.54) is 0 Å². The minimum absolute atomic E-state index is 0. The number of hydrogen-bond acceptors (Lipinski definition) is 3. The maximum absolute atomic E-state index is 9.43. The Morgan fingerprint density at radius 3 is 1.82 bits per heavy atom. The third-order valence-electron chi connectivity index (χ3n) is 1.66. The fourth-order valence-corrected chi connectivity index (χ4v) is 0.476. The van der Waals surface area contributed by atoms with Crippen LogP contribution >= 0.6 is 17.0 Å². The van der Waals surface area contributed by atoms with Gasteiger partial charge in [-0.15, -0.1) is 17.0 Å². The van der Waals surface area contributed by atoms with Crippen molar-refractivity contribution in [3.8, 4) is 0 Å². The summed E-state index contributed by atoms with van der Waals surface area (Å²) in [5.74, 6) is 0. The Kier molecular flexibility index (Phi) is 5.57. The van der Waals surface area contributed by atoms with Gasteiger partial charge < -0.3 is 15.6 Å². The topological polar surface area (TPSA) is 55.5 Å². The van der Waals surface area contributed by atoms with Gasteiger partial charge >= 0.3 is 0 Å². The largest absolute Gasteiger partial charge is 0.386 e. The van der Waals surface area contributed by atoms with E-state index in [-0.39, 0.29) is 17.0 Å². The molecule has 0 saturated heterocycles. The summed E-state index contributed by atoms with van der Waals surface area (Å²) in [5, 5.41) is 9.43. The maximum atomic E-state index is 9.43. The molecule has 3 N–H and O–H groups in total. The zero-order valence-electron chi connectivity index (χ0n) is 7.55. The summed E-state index contributed by atoms with van der Waals surface area (Å²) in [7, 11) is 0. The molecule has 0 aliphatic rings. The van der Waals surface area contributed by atoms with Gasteiger partial charge in [-0.25, -0.2) is 0 Å². The van der Waals surface area contributed by atoms with Crippen molar-refractivity contribution in [2.45, 2.75) is 39.0 Å². The zero-order valence-corrected chi connectivity index (χ0v) is 9.26. The van der Waals surface area contributed by atoms with Crippen LogP contribution in [0.25, 0.3) is 0 Å². The molecule has 0 radical (unpaired) electrons. The lowest BCUT2D eigenvalue weighted by Gasteiger charge is -2.36. The van der Waals surface area contributed by atoms with Crippen molar-refractivity contribution in [2.24, 2.45) is 5.73 Å². The molecule has 11 heavy (non-hydrogen) atoms. The van der Waals surface area contributed by atoms with Crippen molar-refractivity contribution in [1.82, 2.24) is 0 Å². The summed E-state index contributed by atoms with van der Waals surface area (Å²) in [6.07, 6.45) is 0. The molecular weight excluding hydrogens is 210 g/mol. The summed E-state index contributed by atoms with van der Waals surface area (Å²) in [5.41, 5.74) is 3.68. The van der Waals surface area contributed by atoms with Gasteiger partial charge in [-0.3, -0.25) is 0 Å². The van der Waals surface area contributed by atoms with Gasteiger partial charge in [0.05, 0.1) is 0 Å². The molecule has 0 amide bonds. The van der Waals surface area contributed by atoms with Gasteiger partial charge in [-0.1, -0.05) is 0 Å². The van der Waals surface area contributed by atoms with Gasteiger partial charge in [-0.2, -0.15) is 0 Å². The summed E-state index contributed by atoms with van der Waals surface area (Å²) < 4.78 is 5.12. The van der Waals surface area contributed by atoms with E-state index in [0.717, 1.165) is 0 Å². The molecule has 0 bridgehead atoms. The van der Waals surface area contributed by atoms with Crippen LogP contribution in [0.4, 0.5) is 0 Å². The smallest absolute Gasteiger partial charge is 0.142 e. The lowest BCUT2D eigenvalue weighted by molar-refractivity contribution is -0.151. The fourth-order valence-electron chi connectivity index (χ4n) is 0.476. The van der Waals surface area contributed by atoms with E-state index >= 15 is 0 Å². The highest BCUT2D eigenvalue weighted by molar-refractivity contribution is 8.93. The predicted octanol–water partition coefficient (Wildman–Crippen LogP) is 1.05. The first-order valence-electron chi connectivity index (χ1n) is 3.46. The van der Waals surface area contributed by atoms with Crippen LogP contribution in [0, 0.1) is 0 Å². The standard InChI is InChI=1S/C7H17NO2.BrH/c1-5-10-7(4,8)6(2,3)9;/h9H,5,8H2,1-4H3;1H. The van der Waals surface area contributed by atoms with Crippen LogP contribution in [-0.2, 0) is 4.74 Å². The highest BCUT2D eigenvalue weighted by atomic mass is 79.9. The molecule has 1 atom stereocenters. The normalized spacial score (nSPS) is 16.9. The fraction of sp³-hybridized carbons (Fsp3) is 1.00. The molecule has 1 unspecified atom stereocenters. The number of halogens is 1. The third-order valence-corrected chi connectivity index (χ3v) is 1.66. The quantitative estimate of drug-likeness (QED) is 0.710. The molecule has 0 aromatic carbocycles. The van der Waals surface area contributed by atoms with Crippen molar-refractivity contribution in [3.05, 3.63) is 0 Å². The van der Waals surface area contributed by atoms with Crippen molar-refractivity contribution in [1.29, 1.82) is 0 Å². The number of hydrogen-bond donors (Lipinski definition) is 2. The number of ether oxygens (including phenoxy) is 1. The molecule has 4 heteroatoms. The Morgan fingerprint density at radius 2 is 1.73 bits per heavy atom. The van der Waals surface area contributed by atoms with Crippen LogP contribution in [0.1, 0.15) is 27.7 Å². The molecule has 0 rings (SSSR count). The molecule has 70 valence electrons. The number of rotatable bonds is 3. The molecule has 0 heterocycles. The predicted molar refractivity (Wildman–Crippen MR) is 50.8 cm³/mol. The van der Waals surface area contributed by atoms with Crippen molar-refractivity contribution in [3.63, 3.8) is 0 Å². The van der Waals surface area contributed by atoms with Crippen LogP contribution in [-0.4, -0.2) is 23.0 Å². The minimum atomic E-state index is -0.997. The molecule has 0 aliphatic carbocycles. The van der Waals surface area contributed by atoms with Crippen LogP contribution in [0.15, 0.2) is 0 Å². The first kappa shape index (κ1) is 13.9. The Bertz CT molecular complexity index is 109. The SMILES string of the molecule is Br.CCOC(C)(N)C(C)(C)O. The summed E-state index contributed by atoms with van der Waals surface area (Å²) in [6, 6.07) is 0. The number of nitrogens with two attached hydrogens (primary N) is 1. The Balaban J connectivity index is 0. The third kappa shape index (κ3) is 4.06. The molecule has 3 nitrogen and oxygen atoms in total. The summed E-state index contributed by atoms with van der Waals surface area (Å²) >= 11 is 0. The Morgan fingerprint density at radius 1 is 1.36 bits per heavy atom. The van der Waals surface area contributed by atoms with Crippen molar-refractivity contribution < 1.29 is 9.84 Å². The van der Waals surface area contributed by atoms with Crippen molar-refractivity contribution >= 4 is 17.0 Å². The second-order valence-electron chi connectivity index (χ2n) is 3.10.